The van der Waals surface area contributed by atoms with E-state index in [4.69, 9.17) is 0 Å². The second-order valence-electron chi connectivity index (χ2n) is 4.87. The Bertz CT molecular complexity index is 795. The van der Waals surface area contributed by atoms with E-state index >= 15 is 0 Å². The molecule has 1 aromatic heterocycles. The molecule has 3 rings (SSSR count). The summed E-state index contributed by atoms with van der Waals surface area (Å²) in [6.07, 6.45) is 0. The second kappa shape index (κ2) is 5.81. The van der Waals surface area contributed by atoms with Gasteiger partial charge in [-0.1, -0.05) is 30.3 Å². The first kappa shape index (κ1) is 14.0. The number of hydrogen-bond donors (Lipinski definition) is 1. The largest absolute Gasteiger partial charge is 0.321 e. The lowest BCUT2D eigenvalue weighted by Gasteiger charge is -2.02. The highest BCUT2D eigenvalue weighted by Gasteiger charge is 2.14. The first-order valence-electron chi connectivity index (χ1n) is 6.80. The maximum Gasteiger partial charge on any atom is 0.276 e. The van der Waals surface area contributed by atoms with Crippen LogP contribution in [0.1, 0.15) is 10.5 Å². The third-order valence-electron chi connectivity index (χ3n) is 3.28. The number of aromatic nitrogens is 2. The number of nitrogens with one attached hydrogen (secondary N) is 1. The van der Waals surface area contributed by atoms with Crippen molar-refractivity contribution >= 4 is 11.6 Å². The smallest absolute Gasteiger partial charge is 0.276 e. The summed E-state index contributed by atoms with van der Waals surface area (Å²) >= 11 is 0. The predicted octanol–water partition coefficient (Wildman–Crippen LogP) is 3.48. The molecule has 22 heavy (non-hydrogen) atoms. The molecule has 0 aliphatic rings. The van der Waals surface area contributed by atoms with E-state index in [1.54, 1.807) is 17.8 Å². The van der Waals surface area contributed by atoms with Crippen LogP contribution in [-0.2, 0) is 7.05 Å². The first-order chi connectivity index (χ1) is 10.6. The van der Waals surface area contributed by atoms with Crippen LogP contribution in [-0.4, -0.2) is 15.7 Å². The molecule has 4 nitrogen and oxygen atoms in total. The fraction of sp³-hybridized carbons (Fsp3) is 0.0588. The average molecular weight is 295 g/mol. The molecule has 110 valence electrons. The van der Waals surface area contributed by atoms with Crippen LogP contribution in [0.25, 0.3) is 11.3 Å². The molecule has 1 N–H and O–H groups in total. The maximum atomic E-state index is 12.9. The SMILES string of the molecule is Cn1nc(C(=O)Nc2ccc(F)cc2)cc1-c1ccccc1. The van der Waals surface area contributed by atoms with E-state index in [2.05, 4.69) is 10.4 Å². The lowest BCUT2D eigenvalue weighted by Crippen LogP contribution is -2.12. The predicted molar refractivity (Wildman–Crippen MR) is 83.0 cm³/mol. The molecule has 0 unspecified atom stereocenters. The molecule has 0 aliphatic carbocycles. The molecular formula is C17H14FN3O. The van der Waals surface area contributed by atoms with Crippen LogP contribution in [0, 0.1) is 5.82 Å². The molecule has 0 bridgehead atoms. The molecule has 0 aliphatic heterocycles. The molecule has 5 heteroatoms. The summed E-state index contributed by atoms with van der Waals surface area (Å²) in [4.78, 5) is 12.2. The van der Waals surface area contributed by atoms with Crippen LogP contribution in [0.15, 0.2) is 60.7 Å². The van der Waals surface area contributed by atoms with Crippen molar-refractivity contribution in [3.05, 3.63) is 72.2 Å². The number of rotatable bonds is 3. The topological polar surface area (TPSA) is 46.9 Å². The van der Waals surface area contributed by atoms with E-state index in [1.807, 2.05) is 30.3 Å². The maximum absolute atomic E-state index is 12.9. The molecule has 0 fully saturated rings. The first-order valence-corrected chi connectivity index (χ1v) is 6.80. The Balaban J connectivity index is 1.83. The average Bonchev–Trinajstić information content (AvgIpc) is 2.92. The second-order valence-corrected chi connectivity index (χ2v) is 4.87. The third-order valence-corrected chi connectivity index (χ3v) is 3.28. The van der Waals surface area contributed by atoms with Gasteiger partial charge in [-0.25, -0.2) is 4.39 Å². The molecule has 3 aromatic rings. The van der Waals surface area contributed by atoms with Gasteiger partial charge in [-0.3, -0.25) is 9.48 Å². The number of hydrogen-bond acceptors (Lipinski definition) is 2. The number of aryl methyl sites for hydroxylation is 1. The zero-order chi connectivity index (χ0) is 15.5. The number of amides is 1. The molecule has 2 aromatic carbocycles. The Labute approximate surface area is 127 Å². The van der Waals surface area contributed by atoms with Crippen LogP contribution in [0.4, 0.5) is 10.1 Å². The van der Waals surface area contributed by atoms with Gasteiger partial charge in [-0.2, -0.15) is 5.10 Å². The highest BCUT2D eigenvalue weighted by Crippen LogP contribution is 2.20. The van der Waals surface area contributed by atoms with Crippen LogP contribution in [0.2, 0.25) is 0 Å². The van der Waals surface area contributed by atoms with E-state index in [-0.39, 0.29) is 11.7 Å². The molecule has 1 amide bonds. The quantitative estimate of drug-likeness (QED) is 0.804. The molecule has 1 heterocycles. The van der Waals surface area contributed by atoms with Crippen LogP contribution in [0.3, 0.4) is 0 Å². The Morgan fingerprint density at radius 2 is 1.77 bits per heavy atom. The minimum absolute atomic E-state index is 0.311. The van der Waals surface area contributed by atoms with E-state index in [1.165, 1.54) is 24.3 Å². The Hall–Kier alpha value is -2.95. The normalized spacial score (nSPS) is 10.5. The van der Waals surface area contributed by atoms with Crippen LogP contribution in [0.5, 0.6) is 0 Å². The van der Waals surface area contributed by atoms with Crippen LogP contribution >= 0.6 is 0 Å². The highest BCUT2D eigenvalue weighted by atomic mass is 19.1. The van der Waals surface area contributed by atoms with Gasteiger partial charge in [0.15, 0.2) is 5.69 Å². The summed E-state index contributed by atoms with van der Waals surface area (Å²) < 4.78 is 14.5. The van der Waals surface area contributed by atoms with Crippen molar-refractivity contribution in [1.82, 2.24) is 9.78 Å². The van der Waals surface area contributed by atoms with Crippen molar-refractivity contribution in [2.24, 2.45) is 7.05 Å². The Kier molecular flexibility index (Phi) is 3.70. The minimum atomic E-state index is -0.345. The molecule has 0 radical (unpaired) electrons. The number of nitrogens with zero attached hydrogens (tertiary/aromatic N) is 2. The van der Waals surface area contributed by atoms with Crippen molar-refractivity contribution in [2.45, 2.75) is 0 Å². The minimum Gasteiger partial charge on any atom is -0.321 e. The molecule has 0 saturated heterocycles. The monoisotopic (exact) mass is 295 g/mol. The summed E-state index contributed by atoms with van der Waals surface area (Å²) in [7, 11) is 1.79. The van der Waals surface area contributed by atoms with Gasteiger partial charge in [0.25, 0.3) is 5.91 Å². The number of carbonyl (C=O) groups excluding carboxylic acids is 1. The van der Waals surface area contributed by atoms with Gasteiger partial charge in [-0.05, 0) is 35.9 Å². The van der Waals surface area contributed by atoms with Crippen molar-refractivity contribution in [1.29, 1.82) is 0 Å². The number of benzene rings is 2. The lowest BCUT2D eigenvalue weighted by molar-refractivity contribution is 0.102. The Morgan fingerprint density at radius 3 is 2.45 bits per heavy atom. The van der Waals surface area contributed by atoms with Crippen LogP contribution < -0.4 is 5.32 Å². The Morgan fingerprint density at radius 1 is 1.09 bits per heavy atom. The van der Waals surface area contributed by atoms with Gasteiger partial charge in [-0.15, -0.1) is 0 Å². The van der Waals surface area contributed by atoms with Gasteiger partial charge in [0.05, 0.1) is 5.69 Å². The summed E-state index contributed by atoms with van der Waals surface area (Å²) in [5.74, 6) is -0.674. The highest BCUT2D eigenvalue weighted by molar-refractivity contribution is 6.03. The van der Waals surface area contributed by atoms with E-state index < -0.39 is 0 Å². The fourth-order valence-electron chi connectivity index (χ4n) is 2.19. The lowest BCUT2D eigenvalue weighted by atomic mass is 10.1. The zero-order valence-corrected chi connectivity index (χ0v) is 12.0. The molecule has 0 spiro atoms. The standard InChI is InChI=1S/C17H14FN3O/c1-21-16(12-5-3-2-4-6-12)11-15(20-21)17(22)19-14-9-7-13(18)8-10-14/h2-11H,1H3,(H,19,22). The number of halogens is 1. The van der Waals surface area contributed by atoms with E-state index in [9.17, 15) is 9.18 Å². The number of carbonyl (C=O) groups is 1. The van der Waals surface area contributed by atoms with Gasteiger partial charge in [0, 0.05) is 12.7 Å². The number of anilines is 1. The summed E-state index contributed by atoms with van der Waals surface area (Å²) in [5, 5.41) is 6.93. The summed E-state index contributed by atoms with van der Waals surface area (Å²) in [6, 6.07) is 17.0. The fourth-order valence-corrected chi connectivity index (χ4v) is 2.19. The summed E-state index contributed by atoms with van der Waals surface area (Å²) in [6.45, 7) is 0. The molecule has 0 saturated carbocycles. The van der Waals surface area contributed by atoms with Crippen molar-refractivity contribution in [3.8, 4) is 11.3 Å². The molecule has 0 atom stereocenters. The van der Waals surface area contributed by atoms with Crippen molar-refractivity contribution in [2.75, 3.05) is 5.32 Å². The third kappa shape index (κ3) is 2.88. The van der Waals surface area contributed by atoms with Gasteiger partial charge < -0.3 is 5.32 Å². The van der Waals surface area contributed by atoms with Crippen molar-refractivity contribution in [3.63, 3.8) is 0 Å². The van der Waals surface area contributed by atoms with E-state index in [0.717, 1.165) is 11.3 Å². The summed E-state index contributed by atoms with van der Waals surface area (Å²) in [5.41, 5.74) is 2.67. The van der Waals surface area contributed by atoms with Gasteiger partial charge >= 0.3 is 0 Å². The van der Waals surface area contributed by atoms with Crippen molar-refractivity contribution < 1.29 is 9.18 Å². The molecular weight excluding hydrogens is 281 g/mol. The van der Waals surface area contributed by atoms with E-state index in [0.29, 0.717) is 11.4 Å². The van der Waals surface area contributed by atoms with Gasteiger partial charge in [0.1, 0.15) is 5.82 Å². The zero-order valence-electron chi connectivity index (χ0n) is 12.0. The van der Waals surface area contributed by atoms with Gasteiger partial charge in [0.2, 0.25) is 0 Å².